The minimum absolute atomic E-state index is 0.157. The highest BCUT2D eigenvalue weighted by Crippen LogP contribution is 2.39. The van der Waals surface area contributed by atoms with Gasteiger partial charge in [-0.25, -0.2) is 0 Å². The Balaban J connectivity index is 1.33. The maximum absolute atomic E-state index is 5.80. The predicted molar refractivity (Wildman–Crippen MR) is 73.5 cm³/mol. The van der Waals surface area contributed by atoms with E-state index in [-0.39, 0.29) is 6.10 Å². The lowest BCUT2D eigenvalue weighted by Crippen LogP contribution is -2.43. The van der Waals surface area contributed by atoms with Gasteiger partial charge in [0.05, 0.1) is 25.8 Å². The number of ether oxygens (including phenoxy) is 1. The lowest BCUT2D eigenvalue weighted by atomic mass is 10.2. The van der Waals surface area contributed by atoms with Crippen LogP contribution in [-0.2, 0) is 17.8 Å². The van der Waals surface area contributed by atoms with Gasteiger partial charge in [0.1, 0.15) is 0 Å². The van der Waals surface area contributed by atoms with Crippen LogP contribution in [0.1, 0.15) is 30.5 Å². The molecule has 0 N–H and O–H groups in total. The second-order valence-corrected chi connectivity index (χ2v) is 5.76. The van der Waals surface area contributed by atoms with Crippen molar-refractivity contribution in [3.8, 4) is 0 Å². The molecule has 0 bridgehead atoms. The van der Waals surface area contributed by atoms with Gasteiger partial charge in [-0.3, -0.25) is 9.58 Å². The Morgan fingerprint density at radius 2 is 2.24 bits per heavy atom. The van der Waals surface area contributed by atoms with Crippen LogP contribution in [0.3, 0.4) is 0 Å². The maximum Gasteiger partial charge on any atom is 0.230 e. The number of rotatable bonds is 5. The summed E-state index contributed by atoms with van der Waals surface area (Å²) in [5, 5.41) is 12.5. The van der Waals surface area contributed by atoms with E-state index in [0.29, 0.717) is 12.5 Å². The van der Waals surface area contributed by atoms with E-state index < -0.39 is 0 Å². The van der Waals surface area contributed by atoms with E-state index in [2.05, 4.69) is 20.2 Å². The number of hydrogen-bond donors (Lipinski definition) is 0. The summed E-state index contributed by atoms with van der Waals surface area (Å²) in [6.45, 7) is 3.98. The quantitative estimate of drug-likeness (QED) is 0.819. The van der Waals surface area contributed by atoms with Crippen molar-refractivity contribution in [2.24, 2.45) is 0 Å². The minimum Gasteiger partial charge on any atom is -0.424 e. The zero-order valence-corrected chi connectivity index (χ0v) is 11.9. The van der Waals surface area contributed by atoms with Gasteiger partial charge in [-0.05, 0) is 18.9 Å². The summed E-state index contributed by atoms with van der Waals surface area (Å²) in [5.41, 5.74) is 0. The predicted octanol–water partition coefficient (Wildman–Crippen LogP) is 1.04. The zero-order valence-electron chi connectivity index (χ0n) is 11.9. The SMILES string of the molecule is c1cnn(CC2CN(Cc3nnc(C4CC4)o3)CCO2)c1. The lowest BCUT2D eigenvalue weighted by Gasteiger charge is -2.31. The topological polar surface area (TPSA) is 69.2 Å². The highest BCUT2D eigenvalue weighted by Gasteiger charge is 2.30. The molecule has 2 aromatic rings. The number of nitrogens with zero attached hydrogens (tertiary/aromatic N) is 5. The van der Waals surface area contributed by atoms with Gasteiger partial charge < -0.3 is 9.15 Å². The number of morpholine rings is 1. The molecule has 2 fully saturated rings. The van der Waals surface area contributed by atoms with Gasteiger partial charge in [0.25, 0.3) is 0 Å². The molecular weight excluding hydrogens is 270 g/mol. The molecule has 0 spiro atoms. The van der Waals surface area contributed by atoms with Crippen molar-refractivity contribution in [2.45, 2.75) is 38.0 Å². The molecule has 1 aliphatic carbocycles. The molecule has 3 heterocycles. The Bertz CT molecular complexity index is 578. The summed E-state index contributed by atoms with van der Waals surface area (Å²) < 4.78 is 13.4. The summed E-state index contributed by atoms with van der Waals surface area (Å²) in [7, 11) is 0. The average molecular weight is 289 g/mol. The van der Waals surface area contributed by atoms with Gasteiger partial charge in [0, 0.05) is 31.4 Å². The molecule has 4 rings (SSSR count). The second kappa shape index (κ2) is 5.57. The Hall–Kier alpha value is -1.73. The minimum atomic E-state index is 0.157. The smallest absolute Gasteiger partial charge is 0.230 e. The van der Waals surface area contributed by atoms with Crippen molar-refractivity contribution in [1.29, 1.82) is 0 Å². The molecule has 7 heteroatoms. The summed E-state index contributed by atoms with van der Waals surface area (Å²) in [6.07, 6.45) is 6.28. The molecule has 1 atom stereocenters. The average Bonchev–Trinajstić information content (AvgIpc) is 3.02. The van der Waals surface area contributed by atoms with Crippen molar-refractivity contribution >= 4 is 0 Å². The Kier molecular flexibility index (Phi) is 3.44. The van der Waals surface area contributed by atoms with Crippen molar-refractivity contribution < 1.29 is 9.15 Å². The van der Waals surface area contributed by atoms with Crippen LogP contribution in [0, 0.1) is 0 Å². The van der Waals surface area contributed by atoms with Crippen molar-refractivity contribution in [3.05, 3.63) is 30.2 Å². The lowest BCUT2D eigenvalue weighted by molar-refractivity contribution is -0.0423. The van der Waals surface area contributed by atoms with Crippen LogP contribution in [0.4, 0.5) is 0 Å². The molecule has 0 amide bonds. The monoisotopic (exact) mass is 289 g/mol. The Morgan fingerprint density at radius 1 is 1.29 bits per heavy atom. The molecule has 1 saturated heterocycles. The first-order valence-electron chi connectivity index (χ1n) is 7.50. The van der Waals surface area contributed by atoms with Crippen LogP contribution in [0.15, 0.2) is 22.9 Å². The van der Waals surface area contributed by atoms with Crippen molar-refractivity contribution in [2.75, 3.05) is 19.7 Å². The molecule has 2 aliphatic rings. The van der Waals surface area contributed by atoms with Gasteiger partial charge in [-0.15, -0.1) is 10.2 Å². The fourth-order valence-electron chi connectivity index (χ4n) is 2.67. The van der Waals surface area contributed by atoms with Crippen molar-refractivity contribution in [1.82, 2.24) is 24.9 Å². The van der Waals surface area contributed by atoms with Crippen molar-refractivity contribution in [3.63, 3.8) is 0 Å². The molecule has 0 radical (unpaired) electrons. The van der Waals surface area contributed by atoms with E-state index in [1.165, 1.54) is 12.8 Å². The molecule has 2 aromatic heterocycles. The van der Waals surface area contributed by atoms with Crippen LogP contribution >= 0.6 is 0 Å². The fourth-order valence-corrected chi connectivity index (χ4v) is 2.67. The van der Waals surface area contributed by atoms with Gasteiger partial charge in [0.15, 0.2) is 0 Å². The third-order valence-electron chi connectivity index (χ3n) is 3.94. The van der Waals surface area contributed by atoms with E-state index >= 15 is 0 Å². The van der Waals surface area contributed by atoms with Gasteiger partial charge in [0.2, 0.25) is 11.8 Å². The molecule has 21 heavy (non-hydrogen) atoms. The summed E-state index contributed by atoms with van der Waals surface area (Å²) >= 11 is 0. The third-order valence-corrected chi connectivity index (χ3v) is 3.94. The van der Waals surface area contributed by atoms with E-state index in [1.807, 2.05) is 16.9 Å². The van der Waals surface area contributed by atoms with Gasteiger partial charge in [-0.1, -0.05) is 0 Å². The molecule has 0 aromatic carbocycles. The van der Waals surface area contributed by atoms with Gasteiger partial charge in [-0.2, -0.15) is 5.10 Å². The summed E-state index contributed by atoms with van der Waals surface area (Å²) in [5.74, 6) is 2.05. The first kappa shape index (κ1) is 13.0. The van der Waals surface area contributed by atoms with E-state index in [9.17, 15) is 0 Å². The zero-order chi connectivity index (χ0) is 14.1. The van der Waals surface area contributed by atoms with Crippen LogP contribution in [-0.4, -0.2) is 50.7 Å². The van der Waals surface area contributed by atoms with Gasteiger partial charge >= 0.3 is 0 Å². The number of aromatic nitrogens is 4. The second-order valence-electron chi connectivity index (χ2n) is 5.76. The number of hydrogen-bond acceptors (Lipinski definition) is 6. The summed E-state index contributed by atoms with van der Waals surface area (Å²) in [6, 6.07) is 1.93. The van der Waals surface area contributed by atoms with Crippen LogP contribution < -0.4 is 0 Å². The molecule has 7 nitrogen and oxygen atoms in total. The Morgan fingerprint density at radius 3 is 3.05 bits per heavy atom. The highest BCUT2D eigenvalue weighted by atomic mass is 16.5. The molecule has 112 valence electrons. The fraction of sp³-hybridized carbons (Fsp3) is 0.643. The van der Waals surface area contributed by atoms with E-state index in [0.717, 1.165) is 38.0 Å². The maximum atomic E-state index is 5.80. The standard InChI is InChI=1S/C14H19N5O2/c1-4-15-19(5-1)9-12-8-18(6-7-20-12)10-13-16-17-14(21-13)11-2-3-11/h1,4-5,11-12H,2-3,6-10H2. The van der Waals surface area contributed by atoms with Crippen LogP contribution in [0.5, 0.6) is 0 Å². The first-order chi connectivity index (χ1) is 10.4. The highest BCUT2D eigenvalue weighted by molar-refractivity contribution is 5.00. The van der Waals surface area contributed by atoms with Crippen LogP contribution in [0.2, 0.25) is 0 Å². The molecule has 1 unspecified atom stereocenters. The van der Waals surface area contributed by atoms with Crippen LogP contribution in [0.25, 0.3) is 0 Å². The molecular formula is C14H19N5O2. The first-order valence-corrected chi connectivity index (χ1v) is 7.50. The Labute approximate surface area is 122 Å². The van der Waals surface area contributed by atoms with E-state index in [1.54, 1.807) is 6.20 Å². The van der Waals surface area contributed by atoms with E-state index in [4.69, 9.17) is 9.15 Å². The largest absolute Gasteiger partial charge is 0.424 e. The normalized spacial score (nSPS) is 23.5. The molecule has 1 aliphatic heterocycles. The summed E-state index contributed by atoms with van der Waals surface area (Å²) in [4.78, 5) is 2.31. The third kappa shape index (κ3) is 3.14. The molecule has 1 saturated carbocycles.